The van der Waals surface area contributed by atoms with Crippen molar-refractivity contribution in [2.24, 2.45) is 0 Å². The summed E-state index contributed by atoms with van der Waals surface area (Å²) in [5.41, 5.74) is 0.984. The fourth-order valence-corrected chi connectivity index (χ4v) is 1.95. The summed E-state index contributed by atoms with van der Waals surface area (Å²) in [6.45, 7) is 0. The molecule has 1 unspecified atom stereocenters. The quantitative estimate of drug-likeness (QED) is 0.413. The molecule has 1 aliphatic rings. The lowest BCUT2D eigenvalue weighted by atomic mass is 10.2. The van der Waals surface area contributed by atoms with Gasteiger partial charge in [-0.3, -0.25) is 0 Å². The fourth-order valence-electron chi connectivity index (χ4n) is 1.31. The average molecular weight is 294 g/mol. The maximum atomic E-state index is 5.87. The molecule has 14 heavy (non-hydrogen) atoms. The number of likely N-dealkylation sites (N-methyl/N-ethyl adjacent to an activating group) is 1. The van der Waals surface area contributed by atoms with E-state index < -0.39 is 0 Å². The topological polar surface area (TPSA) is 16.1 Å². The highest BCUT2D eigenvalue weighted by atomic mass is 79.9. The summed E-state index contributed by atoms with van der Waals surface area (Å²) in [4.78, 5) is 6.36. The van der Waals surface area contributed by atoms with Gasteiger partial charge in [-0.25, -0.2) is 4.98 Å². The minimum atomic E-state index is 0.153. The average Bonchev–Trinajstić information content (AvgIpc) is 2.15. The number of anilines is 1. The van der Waals surface area contributed by atoms with Crippen LogP contribution in [0.5, 0.6) is 0 Å². The maximum absolute atomic E-state index is 5.87. The van der Waals surface area contributed by atoms with Gasteiger partial charge in [0.25, 0.3) is 0 Å². The Balaban J connectivity index is 2.58. The molecule has 1 atom stereocenters. The number of halogens is 3. The van der Waals surface area contributed by atoms with E-state index in [0.717, 1.165) is 11.4 Å². The highest BCUT2D eigenvalue weighted by Gasteiger charge is 2.19. The van der Waals surface area contributed by atoms with Crippen molar-refractivity contribution in [3.63, 3.8) is 0 Å². The van der Waals surface area contributed by atoms with Crippen molar-refractivity contribution >= 4 is 51.0 Å². The molecule has 0 spiro atoms. The van der Waals surface area contributed by atoms with Gasteiger partial charge >= 0.3 is 0 Å². The van der Waals surface area contributed by atoms with Crippen molar-refractivity contribution in [2.45, 2.75) is 4.95 Å². The second-order valence-corrected chi connectivity index (χ2v) is 4.72. The minimum absolute atomic E-state index is 0.153. The molecular weight excluding hydrogens is 287 g/mol. The Morgan fingerprint density at radius 2 is 2.21 bits per heavy atom. The van der Waals surface area contributed by atoms with Crippen molar-refractivity contribution in [1.29, 1.82) is 0 Å². The van der Waals surface area contributed by atoms with Crippen LogP contribution in [0.2, 0.25) is 10.2 Å². The van der Waals surface area contributed by atoms with E-state index in [1.807, 2.05) is 30.2 Å². The summed E-state index contributed by atoms with van der Waals surface area (Å²) in [5.74, 6) is 0.837. The summed E-state index contributed by atoms with van der Waals surface area (Å²) in [6.07, 6.45) is 4.00. The van der Waals surface area contributed by atoms with Crippen LogP contribution >= 0.6 is 39.1 Å². The zero-order valence-electron chi connectivity index (χ0n) is 7.34. The summed E-state index contributed by atoms with van der Waals surface area (Å²) in [6, 6.07) is 1.82. The van der Waals surface area contributed by atoms with E-state index in [1.54, 1.807) is 0 Å². The van der Waals surface area contributed by atoms with Gasteiger partial charge in [0, 0.05) is 12.6 Å². The van der Waals surface area contributed by atoms with Gasteiger partial charge in [0.15, 0.2) is 0 Å². The third-order valence-corrected chi connectivity index (χ3v) is 3.67. The Morgan fingerprint density at radius 1 is 1.50 bits per heavy atom. The first-order chi connectivity index (χ1) is 6.59. The van der Waals surface area contributed by atoms with E-state index in [4.69, 9.17) is 23.2 Å². The zero-order chi connectivity index (χ0) is 10.3. The number of pyridine rings is 1. The normalized spacial score (nSPS) is 19.7. The Hall–Kier alpha value is -0.250. The SMILES string of the molecule is CN1c2nc(Cl)c(Cl)cc2C=CC1Br. The Bertz CT molecular complexity index is 406. The molecule has 0 saturated heterocycles. The Labute approximate surface area is 101 Å². The summed E-state index contributed by atoms with van der Waals surface area (Å²) >= 11 is 15.2. The molecule has 0 bridgehead atoms. The van der Waals surface area contributed by atoms with Crippen LogP contribution in [0.15, 0.2) is 12.1 Å². The third-order valence-electron chi connectivity index (χ3n) is 2.08. The molecule has 0 saturated carbocycles. The number of rotatable bonds is 0. The van der Waals surface area contributed by atoms with Gasteiger partial charge in [-0.2, -0.15) is 0 Å². The van der Waals surface area contributed by atoms with E-state index in [0.29, 0.717) is 10.2 Å². The summed E-state index contributed by atoms with van der Waals surface area (Å²) in [7, 11) is 1.94. The van der Waals surface area contributed by atoms with Crippen molar-refractivity contribution < 1.29 is 0 Å². The monoisotopic (exact) mass is 292 g/mol. The first-order valence-electron chi connectivity index (χ1n) is 4.01. The van der Waals surface area contributed by atoms with Crippen LogP contribution in [0, 0.1) is 0 Å². The molecule has 0 aliphatic carbocycles. The van der Waals surface area contributed by atoms with Gasteiger partial charge in [-0.1, -0.05) is 51.3 Å². The lowest BCUT2D eigenvalue weighted by Crippen LogP contribution is -2.28. The van der Waals surface area contributed by atoms with Gasteiger partial charge in [-0.15, -0.1) is 0 Å². The molecular formula is C9H7BrCl2N2. The first kappa shape index (κ1) is 10.3. The molecule has 74 valence electrons. The molecule has 2 rings (SSSR count). The number of hydrogen-bond donors (Lipinski definition) is 0. The van der Waals surface area contributed by atoms with E-state index in [2.05, 4.69) is 20.9 Å². The predicted octanol–water partition coefficient (Wildman–Crippen LogP) is 3.57. The van der Waals surface area contributed by atoms with Crippen molar-refractivity contribution in [3.8, 4) is 0 Å². The second-order valence-electron chi connectivity index (χ2n) is 3.02. The van der Waals surface area contributed by atoms with E-state index >= 15 is 0 Å². The first-order valence-corrected chi connectivity index (χ1v) is 5.68. The van der Waals surface area contributed by atoms with Crippen molar-refractivity contribution in [3.05, 3.63) is 27.9 Å². The molecule has 0 N–H and O–H groups in total. The molecule has 0 radical (unpaired) electrons. The molecule has 0 fully saturated rings. The van der Waals surface area contributed by atoms with Crippen LogP contribution in [0.4, 0.5) is 5.82 Å². The van der Waals surface area contributed by atoms with E-state index in [9.17, 15) is 0 Å². The second kappa shape index (κ2) is 3.72. The molecule has 1 aromatic rings. The molecule has 2 nitrogen and oxygen atoms in total. The standard InChI is InChI=1S/C9H7BrCl2N2/c1-14-7(10)3-2-5-4-6(11)8(12)13-9(5)14/h2-4,7H,1H3. The largest absolute Gasteiger partial charge is 0.343 e. The number of fused-ring (bicyclic) bond motifs is 1. The number of nitrogens with zero attached hydrogens (tertiary/aromatic N) is 2. The molecule has 0 aromatic carbocycles. The van der Waals surface area contributed by atoms with Crippen LogP contribution < -0.4 is 4.90 Å². The number of aromatic nitrogens is 1. The van der Waals surface area contributed by atoms with Gasteiger partial charge in [0.05, 0.1) is 5.02 Å². The molecule has 1 aromatic heterocycles. The lowest BCUT2D eigenvalue weighted by Gasteiger charge is -2.27. The number of alkyl halides is 1. The highest BCUT2D eigenvalue weighted by Crippen LogP contribution is 2.32. The Morgan fingerprint density at radius 3 is 2.93 bits per heavy atom. The van der Waals surface area contributed by atoms with Gasteiger partial charge in [-0.05, 0) is 6.07 Å². The number of hydrogen-bond acceptors (Lipinski definition) is 2. The zero-order valence-corrected chi connectivity index (χ0v) is 10.4. The van der Waals surface area contributed by atoms with Gasteiger partial charge in [0.1, 0.15) is 15.9 Å². The third kappa shape index (κ3) is 1.64. The van der Waals surface area contributed by atoms with E-state index in [-0.39, 0.29) is 4.95 Å². The fraction of sp³-hybridized carbons (Fsp3) is 0.222. The molecule has 2 heterocycles. The predicted molar refractivity (Wildman–Crippen MR) is 64.4 cm³/mol. The van der Waals surface area contributed by atoms with Gasteiger partial charge < -0.3 is 4.90 Å². The van der Waals surface area contributed by atoms with Crippen LogP contribution in [0.25, 0.3) is 6.08 Å². The van der Waals surface area contributed by atoms with Crippen molar-refractivity contribution in [1.82, 2.24) is 4.98 Å². The summed E-state index contributed by atoms with van der Waals surface area (Å²) in [5, 5.41) is 0.823. The van der Waals surface area contributed by atoms with Crippen LogP contribution in [-0.2, 0) is 0 Å². The molecule has 5 heteroatoms. The van der Waals surface area contributed by atoms with Crippen LogP contribution in [0.1, 0.15) is 5.56 Å². The van der Waals surface area contributed by atoms with Crippen LogP contribution in [0.3, 0.4) is 0 Å². The Kier molecular flexibility index (Phi) is 2.73. The van der Waals surface area contributed by atoms with Crippen LogP contribution in [-0.4, -0.2) is 17.0 Å². The lowest BCUT2D eigenvalue weighted by molar-refractivity contribution is 0.944. The van der Waals surface area contributed by atoms with E-state index in [1.165, 1.54) is 0 Å². The summed E-state index contributed by atoms with van der Waals surface area (Å²) < 4.78 is 0. The maximum Gasteiger partial charge on any atom is 0.150 e. The smallest absolute Gasteiger partial charge is 0.150 e. The molecule has 0 amide bonds. The highest BCUT2D eigenvalue weighted by molar-refractivity contribution is 9.09. The minimum Gasteiger partial charge on any atom is -0.343 e. The molecule has 1 aliphatic heterocycles. The van der Waals surface area contributed by atoms with Crippen molar-refractivity contribution in [2.75, 3.05) is 11.9 Å². The van der Waals surface area contributed by atoms with Gasteiger partial charge in [0.2, 0.25) is 0 Å².